The van der Waals surface area contributed by atoms with Gasteiger partial charge >= 0.3 is 0 Å². The van der Waals surface area contributed by atoms with Gasteiger partial charge in [-0.25, -0.2) is 4.98 Å². The topological polar surface area (TPSA) is 60.5 Å². The molecule has 0 aliphatic heterocycles. The Morgan fingerprint density at radius 1 is 1.19 bits per heavy atom. The van der Waals surface area contributed by atoms with Crippen LogP contribution in [0, 0.1) is 13.8 Å². The minimum Gasteiger partial charge on any atom is -0.494 e. The van der Waals surface area contributed by atoms with Crippen LogP contribution in [0.1, 0.15) is 24.0 Å². The van der Waals surface area contributed by atoms with Crippen LogP contribution >= 0.6 is 11.3 Å². The highest BCUT2D eigenvalue weighted by Gasteiger charge is 2.11. The van der Waals surface area contributed by atoms with Gasteiger partial charge in [0.2, 0.25) is 5.91 Å². The molecule has 0 saturated carbocycles. The number of anilines is 1. The van der Waals surface area contributed by atoms with Gasteiger partial charge in [-0.15, -0.1) is 0 Å². The van der Waals surface area contributed by atoms with Gasteiger partial charge in [-0.1, -0.05) is 35.1 Å². The minimum absolute atomic E-state index is 0.0627. The summed E-state index contributed by atoms with van der Waals surface area (Å²) in [6, 6.07) is 11.8. The fraction of sp³-hybridized carbons (Fsp3) is 0.300. The number of rotatable bonds is 7. The number of amides is 1. The van der Waals surface area contributed by atoms with Crippen molar-refractivity contribution in [2.45, 2.75) is 26.7 Å². The number of para-hydroxylation sites is 1. The first-order valence-corrected chi connectivity index (χ1v) is 9.32. The van der Waals surface area contributed by atoms with Crippen LogP contribution < -0.4 is 14.8 Å². The van der Waals surface area contributed by atoms with Crippen LogP contribution in [-0.4, -0.2) is 24.6 Å². The number of fused-ring (bicyclic) bond motifs is 1. The first-order chi connectivity index (χ1) is 12.6. The first kappa shape index (κ1) is 18.2. The van der Waals surface area contributed by atoms with E-state index < -0.39 is 0 Å². The zero-order chi connectivity index (χ0) is 18.5. The second-order valence-electron chi connectivity index (χ2n) is 6.10. The molecule has 0 unspecified atom stereocenters. The van der Waals surface area contributed by atoms with Gasteiger partial charge in [-0.2, -0.15) is 0 Å². The fourth-order valence-corrected chi connectivity index (χ4v) is 3.60. The zero-order valence-corrected chi connectivity index (χ0v) is 16.0. The van der Waals surface area contributed by atoms with Crippen LogP contribution in [0.25, 0.3) is 10.2 Å². The molecule has 26 heavy (non-hydrogen) atoms. The Labute approximate surface area is 157 Å². The second-order valence-corrected chi connectivity index (χ2v) is 7.13. The van der Waals surface area contributed by atoms with Crippen molar-refractivity contribution in [3.63, 3.8) is 0 Å². The summed E-state index contributed by atoms with van der Waals surface area (Å²) < 4.78 is 12.0. The molecule has 0 saturated heterocycles. The molecular formula is C20H22N2O3S. The molecule has 1 amide bonds. The Hall–Kier alpha value is -2.60. The number of benzene rings is 2. The molecule has 0 radical (unpaired) electrons. The average Bonchev–Trinajstić information content (AvgIpc) is 3.02. The molecule has 1 aromatic heterocycles. The van der Waals surface area contributed by atoms with E-state index >= 15 is 0 Å². The maximum atomic E-state index is 12.1. The normalized spacial score (nSPS) is 10.7. The van der Waals surface area contributed by atoms with Crippen LogP contribution in [0.4, 0.5) is 5.13 Å². The molecule has 0 atom stereocenters. The van der Waals surface area contributed by atoms with Gasteiger partial charge in [0.05, 0.1) is 18.4 Å². The summed E-state index contributed by atoms with van der Waals surface area (Å²) in [5.41, 5.74) is 3.09. The van der Waals surface area contributed by atoms with Crippen molar-refractivity contribution in [1.82, 2.24) is 4.98 Å². The Kier molecular flexibility index (Phi) is 5.73. The quantitative estimate of drug-likeness (QED) is 0.611. The molecule has 0 fully saturated rings. The molecule has 3 aromatic rings. The van der Waals surface area contributed by atoms with Crippen molar-refractivity contribution in [3.8, 4) is 11.5 Å². The average molecular weight is 370 g/mol. The number of ether oxygens (including phenoxy) is 2. The van der Waals surface area contributed by atoms with Gasteiger partial charge in [0.25, 0.3) is 0 Å². The van der Waals surface area contributed by atoms with Crippen molar-refractivity contribution in [2.24, 2.45) is 0 Å². The van der Waals surface area contributed by atoms with Crippen LogP contribution in [0.3, 0.4) is 0 Å². The van der Waals surface area contributed by atoms with E-state index in [2.05, 4.69) is 23.3 Å². The highest BCUT2D eigenvalue weighted by Crippen LogP contribution is 2.32. The second kappa shape index (κ2) is 8.19. The van der Waals surface area contributed by atoms with E-state index in [0.29, 0.717) is 30.3 Å². The summed E-state index contributed by atoms with van der Waals surface area (Å²) >= 11 is 1.44. The third-order valence-corrected chi connectivity index (χ3v) is 4.92. The Bertz CT molecular complexity index is 921. The van der Waals surface area contributed by atoms with Gasteiger partial charge in [0, 0.05) is 6.42 Å². The molecule has 2 aromatic carbocycles. The van der Waals surface area contributed by atoms with E-state index in [0.717, 1.165) is 21.5 Å². The summed E-state index contributed by atoms with van der Waals surface area (Å²) in [6.45, 7) is 4.58. The standard InChI is InChI=1S/C20H22N2O3S/c1-13-9-10-15(14(2)12-13)25-11-5-8-18(23)21-20-22-19-16(24-3)6-4-7-17(19)26-20/h4,6-7,9-10,12H,5,8,11H2,1-3H3,(H,21,22,23). The highest BCUT2D eigenvalue weighted by atomic mass is 32.1. The van der Waals surface area contributed by atoms with Gasteiger partial charge in [-0.3, -0.25) is 4.79 Å². The summed E-state index contributed by atoms with van der Waals surface area (Å²) in [4.78, 5) is 16.6. The number of aryl methyl sites for hydroxylation is 2. The maximum Gasteiger partial charge on any atom is 0.226 e. The lowest BCUT2D eigenvalue weighted by molar-refractivity contribution is -0.116. The molecule has 5 nitrogen and oxygen atoms in total. The summed E-state index contributed by atoms with van der Waals surface area (Å²) in [5, 5.41) is 3.45. The zero-order valence-electron chi connectivity index (χ0n) is 15.2. The SMILES string of the molecule is COc1cccc2sc(NC(=O)CCCOc3ccc(C)cc3C)nc12. The van der Waals surface area contributed by atoms with E-state index in [1.54, 1.807) is 7.11 Å². The molecular weight excluding hydrogens is 348 g/mol. The lowest BCUT2D eigenvalue weighted by Crippen LogP contribution is -2.12. The van der Waals surface area contributed by atoms with Crippen molar-refractivity contribution in [1.29, 1.82) is 0 Å². The van der Waals surface area contributed by atoms with Gasteiger partial charge < -0.3 is 14.8 Å². The first-order valence-electron chi connectivity index (χ1n) is 8.50. The molecule has 0 bridgehead atoms. The number of hydrogen-bond donors (Lipinski definition) is 1. The van der Waals surface area contributed by atoms with Crippen molar-refractivity contribution in [3.05, 3.63) is 47.5 Å². The van der Waals surface area contributed by atoms with Crippen molar-refractivity contribution < 1.29 is 14.3 Å². The smallest absolute Gasteiger partial charge is 0.226 e. The van der Waals surface area contributed by atoms with E-state index in [1.165, 1.54) is 16.9 Å². The number of nitrogens with one attached hydrogen (secondary N) is 1. The van der Waals surface area contributed by atoms with Crippen LogP contribution in [0.2, 0.25) is 0 Å². The van der Waals surface area contributed by atoms with Crippen LogP contribution in [0.5, 0.6) is 11.5 Å². The van der Waals surface area contributed by atoms with Crippen molar-refractivity contribution in [2.75, 3.05) is 19.0 Å². The Morgan fingerprint density at radius 3 is 2.81 bits per heavy atom. The molecule has 1 heterocycles. The molecule has 6 heteroatoms. The Balaban J connectivity index is 1.50. The third-order valence-electron chi connectivity index (χ3n) is 3.98. The number of thiazole rings is 1. The van der Waals surface area contributed by atoms with E-state index in [4.69, 9.17) is 9.47 Å². The maximum absolute atomic E-state index is 12.1. The number of nitrogens with zero attached hydrogens (tertiary/aromatic N) is 1. The molecule has 0 aliphatic carbocycles. The lowest BCUT2D eigenvalue weighted by atomic mass is 10.1. The largest absolute Gasteiger partial charge is 0.494 e. The molecule has 1 N–H and O–H groups in total. The van der Waals surface area contributed by atoms with E-state index in [1.807, 2.05) is 37.3 Å². The number of carbonyl (C=O) groups is 1. The Morgan fingerprint density at radius 2 is 2.04 bits per heavy atom. The minimum atomic E-state index is -0.0627. The fourth-order valence-electron chi connectivity index (χ4n) is 2.70. The predicted octanol–water partition coefficient (Wildman–Crippen LogP) is 4.72. The van der Waals surface area contributed by atoms with E-state index in [9.17, 15) is 4.79 Å². The molecule has 136 valence electrons. The summed E-state index contributed by atoms with van der Waals surface area (Å²) in [5.74, 6) is 1.52. The lowest BCUT2D eigenvalue weighted by Gasteiger charge is -2.09. The number of methoxy groups -OCH3 is 1. The summed E-state index contributed by atoms with van der Waals surface area (Å²) in [7, 11) is 1.61. The predicted molar refractivity (Wildman–Crippen MR) is 105 cm³/mol. The number of aromatic nitrogens is 1. The monoisotopic (exact) mass is 370 g/mol. The van der Waals surface area contributed by atoms with Crippen LogP contribution in [0.15, 0.2) is 36.4 Å². The number of hydrogen-bond acceptors (Lipinski definition) is 5. The van der Waals surface area contributed by atoms with Gasteiger partial charge in [0.1, 0.15) is 17.0 Å². The number of carbonyl (C=O) groups excluding carboxylic acids is 1. The van der Waals surface area contributed by atoms with Gasteiger partial charge in [0.15, 0.2) is 5.13 Å². The van der Waals surface area contributed by atoms with E-state index in [-0.39, 0.29) is 5.91 Å². The van der Waals surface area contributed by atoms with Crippen LogP contribution in [-0.2, 0) is 4.79 Å². The molecule has 0 spiro atoms. The van der Waals surface area contributed by atoms with Gasteiger partial charge in [-0.05, 0) is 44.0 Å². The highest BCUT2D eigenvalue weighted by molar-refractivity contribution is 7.22. The molecule has 0 aliphatic rings. The third kappa shape index (κ3) is 4.32. The van der Waals surface area contributed by atoms with Crippen molar-refractivity contribution >= 4 is 32.6 Å². The summed E-state index contributed by atoms with van der Waals surface area (Å²) in [6.07, 6.45) is 1.03. The molecule has 3 rings (SSSR count).